The van der Waals surface area contributed by atoms with Crippen molar-refractivity contribution in [1.82, 2.24) is 9.80 Å². The van der Waals surface area contributed by atoms with E-state index in [1.807, 2.05) is 0 Å². The monoisotopic (exact) mass is 420 g/mol. The molecular weight excluding hydrogens is 384 g/mol. The number of carbonyl (C=O) groups is 1. The van der Waals surface area contributed by atoms with Gasteiger partial charge in [-0.25, -0.2) is 4.79 Å². The quantitative estimate of drug-likeness (QED) is 0.188. The van der Waals surface area contributed by atoms with Gasteiger partial charge in [-0.2, -0.15) is 0 Å². The first kappa shape index (κ1) is 29.6. The second-order valence-corrected chi connectivity index (χ2v) is 5.70. The zero-order chi connectivity index (χ0) is 22.3. The smallest absolute Gasteiger partial charge is 0.335 e. The Hall–Kier alpha value is -1.63. The van der Waals surface area contributed by atoms with Gasteiger partial charge in [0.25, 0.3) is 0 Å². The number of aliphatic hydroxyl groups is 6. The molecule has 1 aromatic carbocycles. The molecular formula is C19H36N2O8. The molecule has 10 nitrogen and oxygen atoms in total. The summed E-state index contributed by atoms with van der Waals surface area (Å²) in [5.41, 5.74) is 0.331. The highest BCUT2D eigenvalue weighted by Crippen LogP contribution is 1.96. The molecule has 0 aliphatic heterocycles. The topological polar surface area (TPSA) is 165 Å². The normalized spacial score (nSPS) is 10.2. The molecule has 0 radical (unpaired) electrons. The van der Waals surface area contributed by atoms with Crippen LogP contribution >= 0.6 is 0 Å². The zero-order valence-corrected chi connectivity index (χ0v) is 16.8. The Morgan fingerprint density at radius 2 is 0.862 bits per heavy atom. The Balaban J connectivity index is 0. The minimum atomic E-state index is -0.879. The van der Waals surface area contributed by atoms with E-state index in [1.54, 1.807) is 40.1 Å². The van der Waals surface area contributed by atoms with Gasteiger partial charge in [0.2, 0.25) is 0 Å². The second kappa shape index (κ2) is 22.7. The van der Waals surface area contributed by atoms with Crippen molar-refractivity contribution in [3.63, 3.8) is 0 Å². The molecule has 0 saturated carbocycles. The van der Waals surface area contributed by atoms with E-state index in [1.165, 1.54) is 0 Å². The van der Waals surface area contributed by atoms with Crippen molar-refractivity contribution in [2.45, 2.75) is 0 Å². The summed E-state index contributed by atoms with van der Waals surface area (Å²) in [7, 11) is 0. The summed E-state index contributed by atoms with van der Waals surface area (Å²) in [6, 6.07) is 8.30. The Kier molecular flexibility index (Phi) is 23.1. The van der Waals surface area contributed by atoms with Gasteiger partial charge in [-0.1, -0.05) is 18.2 Å². The van der Waals surface area contributed by atoms with Crippen LogP contribution in [0.25, 0.3) is 0 Å². The van der Waals surface area contributed by atoms with E-state index >= 15 is 0 Å². The molecule has 0 spiro atoms. The molecule has 29 heavy (non-hydrogen) atoms. The highest BCUT2D eigenvalue weighted by atomic mass is 16.4. The number of carboxylic acids is 1. The largest absolute Gasteiger partial charge is 0.478 e. The van der Waals surface area contributed by atoms with Crippen LogP contribution in [0.3, 0.4) is 0 Å². The Bertz CT molecular complexity index is 418. The maximum Gasteiger partial charge on any atom is 0.335 e. The first-order valence-electron chi connectivity index (χ1n) is 9.38. The van der Waals surface area contributed by atoms with Crippen LogP contribution in [0.1, 0.15) is 10.4 Å². The molecule has 0 fully saturated rings. The van der Waals surface area contributed by atoms with Crippen LogP contribution in [0.5, 0.6) is 0 Å². The number of hydrogen-bond acceptors (Lipinski definition) is 9. The van der Waals surface area contributed by atoms with Gasteiger partial charge < -0.3 is 35.7 Å². The van der Waals surface area contributed by atoms with E-state index < -0.39 is 5.97 Å². The van der Waals surface area contributed by atoms with Crippen LogP contribution in [0, 0.1) is 0 Å². The average Bonchev–Trinajstić information content (AvgIpc) is 2.71. The molecule has 0 aliphatic rings. The Morgan fingerprint density at radius 1 is 0.586 bits per heavy atom. The molecule has 0 saturated heterocycles. The van der Waals surface area contributed by atoms with Gasteiger partial charge in [-0.15, -0.1) is 0 Å². The summed E-state index contributed by atoms with van der Waals surface area (Å²) in [6.45, 7) is 3.51. The molecule has 0 bridgehead atoms. The molecule has 0 atom stereocenters. The molecule has 0 aromatic heterocycles. The maximum atomic E-state index is 10.2. The summed E-state index contributed by atoms with van der Waals surface area (Å²) in [5, 5.41) is 59.3. The maximum absolute atomic E-state index is 10.2. The van der Waals surface area contributed by atoms with Crippen LogP contribution in [-0.4, -0.2) is 130 Å². The Morgan fingerprint density at radius 3 is 1.03 bits per heavy atom. The summed E-state index contributed by atoms with van der Waals surface area (Å²) < 4.78 is 0. The fraction of sp³-hybridized carbons (Fsp3) is 0.632. The number of rotatable bonds is 13. The molecule has 170 valence electrons. The zero-order valence-electron chi connectivity index (χ0n) is 16.8. The third-order valence-electron chi connectivity index (χ3n) is 3.52. The van der Waals surface area contributed by atoms with Gasteiger partial charge in [-0.05, 0) is 12.1 Å². The highest BCUT2D eigenvalue weighted by molar-refractivity contribution is 5.87. The third-order valence-corrected chi connectivity index (χ3v) is 3.52. The third kappa shape index (κ3) is 19.5. The molecule has 1 aromatic rings. The second-order valence-electron chi connectivity index (χ2n) is 5.70. The lowest BCUT2D eigenvalue weighted by Crippen LogP contribution is -2.32. The van der Waals surface area contributed by atoms with Gasteiger partial charge in [0.05, 0.1) is 45.2 Å². The molecule has 0 heterocycles. The van der Waals surface area contributed by atoms with Crippen LogP contribution in [-0.2, 0) is 0 Å². The van der Waals surface area contributed by atoms with Gasteiger partial charge in [0.15, 0.2) is 0 Å². The van der Waals surface area contributed by atoms with Crippen LogP contribution in [0.2, 0.25) is 0 Å². The number of aromatic carboxylic acids is 1. The molecule has 0 amide bonds. The van der Waals surface area contributed by atoms with Crippen molar-refractivity contribution in [3.8, 4) is 0 Å². The van der Waals surface area contributed by atoms with Crippen molar-refractivity contribution in [3.05, 3.63) is 35.9 Å². The fourth-order valence-corrected chi connectivity index (χ4v) is 2.10. The number of aliphatic hydroxyl groups excluding tert-OH is 6. The average molecular weight is 421 g/mol. The van der Waals surface area contributed by atoms with Gasteiger partial charge in [0, 0.05) is 39.3 Å². The molecule has 7 N–H and O–H groups in total. The minimum absolute atomic E-state index is 0.0694. The predicted molar refractivity (Wildman–Crippen MR) is 109 cm³/mol. The number of nitrogens with zero attached hydrogens (tertiary/aromatic N) is 2. The number of carboxylic acid groups (broad SMARTS) is 1. The van der Waals surface area contributed by atoms with E-state index in [0.29, 0.717) is 44.8 Å². The summed E-state index contributed by atoms with van der Waals surface area (Å²) in [4.78, 5) is 13.8. The summed E-state index contributed by atoms with van der Waals surface area (Å²) in [5.74, 6) is -0.879. The van der Waals surface area contributed by atoms with E-state index in [2.05, 4.69) is 0 Å². The standard InChI is InChI=1S/C7H6O2.2C6H15NO3/c8-7(9)6-4-2-1-3-5-6;2*8-4-1-7(2-5-9)3-6-10/h1-5H,(H,8,9);2*8-10H,1-6H2. The van der Waals surface area contributed by atoms with E-state index in [9.17, 15) is 4.79 Å². The van der Waals surface area contributed by atoms with Gasteiger partial charge >= 0.3 is 5.97 Å². The molecule has 0 unspecified atom stereocenters. The van der Waals surface area contributed by atoms with Crippen molar-refractivity contribution in [2.75, 3.05) is 78.9 Å². The SMILES string of the molecule is O=C(O)c1ccccc1.OCCN(CCO)CCO.OCCN(CCO)CCO. The highest BCUT2D eigenvalue weighted by Gasteiger charge is 2.01. The first-order valence-corrected chi connectivity index (χ1v) is 9.38. The lowest BCUT2D eigenvalue weighted by Gasteiger charge is -2.17. The lowest BCUT2D eigenvalue weighted by molar-refractivity contribution is 0.0696. The van der Waals surface area contributed by atoms with Gasteiger partial charge in [0.1, 0.15) is 0 Å². The van der Waals surface area contributed by atoms with Gasteiger partial charge in [-0.3, -0.25) is 9.80 Å². The van der Waals surface area contributed by atoms with E-state index in [4.69, 9.17) is 35.7 Å². The number of hydrogen-bond donors (Lipinski definition) is 7. The molecule has 10 heteroatoms. The molecule has 1 rings (SSSR count). The minimum Gasteiger partial charge on any atom is -0.478 e. The van der Waals surface area contributed by atoms with Crippen LogP contribution in [0.15, 0.2) is 30.3 Å². The van der Waals surface area contributed by atoms with E-state index in [0.717, 1.165) is 0 Å². The van der Waals surface area contributed by atoms with Crippen LogP contribution in [0.4, 0.5) is 0 Å². The Labute approximate surface area is 171 Å². The van der Waals surface area contributed by atoms with Crippen molar-refractivity contribution in [1.29, 1.82) is 0 Å². The summed E-state index contributed by atoms with van der Waals surface area (Å²) in [6.07, 6.45) is 0. The van der Waals surface area contributed by atoms with Crippen LogP contribution < -0.4 is 0 Å². The van der Waals surface area contributed by atoms with Crippen molar-refractivity contribution < 1.29 is 40.5 Å². The van der Waals surface area contributed by atoms with Crippen molar-refractivity contribution >= 4 is 5.97 Å². The first-order chi connectivity index (χ1) is 14.0. The molecule has 0 aliphatic carbocycles. The number of benzene rings is 1. The lowest BCUT2D eigenvalue weighted by atomic mass is 10.2. The summed E-state index contributed by atoms with van der Waals surface area (Å²) >= 11 is 0. The predicted octanol–water partition coefficient (Wildman–Crippen LogP) is -2.08. The fourth-order valence-electron chi connectivity index (χ4n) is 2.10. The van der Waals surface area contributed by atoms with E-state index in [-0.39, 0.29) is 39.6 Å². The van der Waals surface area contributed by atoms with Crippen molar-refractivity contribution in [2.24, 2.45) is 0 Å².